The van der Waals surface area contributed by atoms with E-state index in [2.05, 4.69) is 0 Å². The SMILES string of the molecule is CCC(=O)OC[C@H]1OC(OC[C@H]2OC(O[C@]3(COC(=O)CC)O[C@H](COC(=O)CC)[C@@H](OC(=O)CC)[C@@H]3OC(=O)CC)[C@H](OC(=O)CC)[C@@H](OC(=O)CC)[C@@H]2OC(=O)CC)[C@H](OC(=O)CC)[C@@H](OC(=O)CC)[C@H]1OC(=O)CC. The fraction of sp³-hybridized carbons (Fsp3) is 0.784. The van der Waals surface area contributed by atoms with E-state index in [1.165, 1.54) is 76.2 Å². The van der Waals surface area contributed by atoms with E-state index in [0.717, 1.165) is 0 Å². The number of hydrogen-bond donors (Lipinski definition) is 0. The van der Waals surface area contributed by atoms with Gasteiger partial charge < -0.3 is 75.8 Å². The molecule has 0 N–H and O–H groups in total. The maximum absolute atomic E-state index is 13.5. The van der Waals surface area contributed by atoms with Crippen LogP contribution in [0.1, 0.15) is 147 Å². The van der Waals surface area contributed by atoms with Crippen molar-refractivity contribution in [3.63, 3.8) is 0 Å². The second-order valence-corrected chi connectivity index (χ2v) is 17.5. The number of esters is 11. The van der Waals surface area contributed by atoms with Gasteiger partial charge in [0.1, 0.15) is 38.1 Å². The molecule has 0 aromatic carbocycles. The van der Waals surface area contributed by atoms with Crippen LogP contribution in [0.3, 0.4) is 0 Å². The summed E-state index contributed by atoms with van der Waals surface area (Å²) >= 11 is 0. The van der Waals surface area contributed by atoms with E-state index in [0.29, 0.717) is 0 Å². The Bertz CT molecular complexity index is 2060. The molecule has 14 atom stereocenters. The quantitative estimate of drug-likeness (QED) is 0.0737. The van der Waals surface area contributed by atoms with Crippen molar-refractivity contribution in [1.29, 1.82) is 0 Å². The van der Waals surface area contributed by atoms with Crippen LogP contribution in [0.15, 0.2) is 0 Å². The summed E-state index contributed by atoms with van der Waals surface area (Å²) < 4.78 is 95.3. The predicted octanol–water partition coefficient (Wildman–Crippen LogP) is 3.00. The monoisotopic (exact) mass is 1120 g/mol. The van der Waals surface area contributed by atoms with Crippen LogP contribution < -0.4 is 0 Å². The molecule has 0 aromatic heterocycles. The van der Waals surface area contributed by atoms with Crippen molar-refractivity contribution in [1.82, 2.24) is 0 Å². The highest BCUT2D eigenvalue weighted by molar-refractivity contribution is 5.74. The molecule has 0 bridgehead atoms. The smallest absolute Gasteiger partial charge is 0.306 e. The minimum absolute atomic E-state index is 0.0951. The fourth-order valence-corrected chi connectivity index (χ4v) is 7.66. The molecular formula is C51H76O27. The van der Waals surface area contributed by atoms with Crippen LogP contribution in [0.4, 0.5) is 0 Å². The fourth-order valence-electron chi connectivity index (χ4n) is 7.66. The Labute approximate surface area is 452 Å². The summed E-state index contributed by atoms with van der Waals surface area (Å²) in [5.74, 6) is -12.2. The van der Waals surface area contributed by atoms with E-state index in [4.69, 9.17) is 75.8 Å². The normalized spacial score (nSPS) is 28.4. The van der Waals surface area contributed by atoms with Gasteiger partial charge in [-0.15, -0.1) is 0 Å². The highest BCUT2D eigenvalue weighted by Gasteiger charge is 2.65. The summed E-state index contributed by atoms with van der Waals surface area (Å²) in [6, 6.07) is 0. The standard InChI is InChI=1S/C51H76O27/c1-12-30(52)63-23-27-41(69-33(55)15-4)44(72-36(58)18-7)46(74-38(60)20-9)49(67-27)65-24-28-42(70-34(56)16-5)45(73-37(59)19-8)47(75-39(61)21-10)50(68-28)78-51(26-66-32(54)14-3)48(76-40(62)22-11)43(71-35(57)17-6)29(77-51)25-64-31(53)13-2/h27-29,41-50H,12-26H2,1-11H3/t27-,28-,29-,41+,42-,43-,44+,45+,46-,47-,48+,49?,50?,51+/m1/s1. The topological polar surface area (TPSA) is 335 Å². The van der Waals surface area contributed by atoms with Gasteiger partial charge in [0.2, 0.25) is 12.1 Å². The Kier molecular flexibility index (Phi) is 27.8. The number of rotatable bonds is 30. The molecule has 27 heteroatoms. The lowest BCUT2D eigenvalue weighted by molar-refractivity contribution is -0.388. The van der Waals surface area contributed by atoms with E-state index in [9.17, 15) is 52.7 Å². The molecule has 27 nitrogen and oxygen atoms in total. The third kappa shape index (κ3) is 18.8. The summed E-state index contributed by atoms with van der Waals surface area (Å²) in [5.41, 5.74) is 0. The van der Waals surface area contributed by atoms with Crippen molar-refractivity contribution >= 4 is 65.7 Å². The molecule has 0 spiro atoms. The van der Waals surface area contributed by atoms with E-state index in [1.807, 2.05) is 0 Å². The Morgan fingerprint density at radius 3 is 1.04 bits per heavy atom. The summed E-state index contributed by atoms with van der Waals surface area (Å²) in [4.78, 5) is 144. The first kappa shape index (κ1) is 66.3. The number of carbonyl (C=O) groups is 11. The van der Waals surface area contributed by atoms with Crippen LogP contribution >= 0.6 is 0 Å². The molecule has 0 aliphatic carbocycles. The van der Waals surface area contributed by atoms with Gasteiger partial charge in [-0.3, -0.25) is 52.7 Å². The van der Waals surface area contributed by atoms with E-state index in [-0.39, 0.29) is 70.6 Å². The molecule has 0 aromatic rings. The van der Waals surface area contributed by atoms with Crippen molar-refractivity contribution in [2.24, 2.45) is 0 Å². The average molecular weight is 1120 g/mol. The molecule has 3 aliphatic rings. The van der Waals surface area contributed by atoms with Gasteiger partial charge in [0, 0.05) is 70.6 Å². The minimum atomic E-state index is -2.67. The van der Waals surface area contributed by atoms with Crippen molar-refractivity contribution in [3.05, 3.63) is 0 Å². The average Bonchev–Trinajstić information content (AvgIpc) is 3.83. The summed E-state index contributed by atoms with van der Waals surface area (Å²) in [5, 5.41) is 0. The van der Waals surface area contributed by atoms with Crippen LogP contribution in [-0.2, 0) is 129 Å². The van der Waals surface area contributed by atoms with Crippen molar-refractivity contribution in [2.75, 3.05) is 26.4 Å². The first-order valence-corrected chi connectivity index (χ1v) is 26.5. The molecule has 3 heterocycles. The zero-order valence-corrected chi connectivity index (χ0v) is 46.1. The Balaban J connectivity index is 2.42. The first-order valence-electron chi connectivity index (χ1n) is 26.5. The lowest BCUT2D eigenvalue weighted by atomic mass is 9.96. The van der Waals surface area contributed by atoms with E-state index < -0.39 is 178 Å². The molecule has 0 radical (unpaired) electrons. The molecule has 3 aliphatic heterocycles. The van der Waals surface area contributed by atoms with E-state index in [1.54, 1.807) is 0 Å². The summed E-state index contributed by atoms with van der Waals surface area (Å²) in [7, 11) is 0. The highest BCUT2D eigenvalue weighted by atomic mass is 16.8. The van der Waals surface area contributed by atoms with Crippen molar-refractivity contribution in [3.8, 4) is 0 Å². The summed E-state index contributed by atoms with van der Waals surface area (Å²) in [6.45, 7) is 12.9. The molecule has 3 saturated heterocycles. The van der Waals surface area contributed by atoms with Gasteiger partial charge in [-0.05, 0) is 0 Å². The van der Waals surface area contributed by atoms with Crippen LogP contribution in [0.2, 0.25) is 0 Å². The lowest BCUT2D eigenvalue weighted by Crippen LogP contribution is -2.66. The zero-order valence-electron chi connectivity index (χ0n) is 46.1. The van der Waals surface area contributed by atoms with Crippen molar-refractivity contribution in [2.45, 2.75) is 232 Å². The van der Waals surface area contributed by atoms with Crippen LogP contribution in [0, 0.1) is 0 Å². The Morgan fingerprint density at radius 2 is 0.628 bits per heavy atom. The predicted molar refractivity (Wildman–Crippen MR) is 257 cm³/mol. The highest BCUT2D eigenvalue weighted by Crippen LogP contribution is 2.42. The third-order valence-electron chi connectivity index (χ3n) is 11.9. The zero-order chi connectivity index (χ0) is 58.3. The number of hydrogen-bond acceptors (Lipinski definition) is 27. The van der Waals surface area contributed by atoms with Crippen molar-refractivity contribution < 1.29 is 129 Å². The second kappa shape index (κ2) is 32.8. The van der Waals surface area contributed by atoms with Gasteiger partial charge in [-0.2, -0.15) is 0 Å². The number of carbonyl (C=O) groups excluding carboxylic acids is 11. The maximum atomic E-state index is 13.5. The molecule has 3 fully saturated rings. The van der Waals surface area contributed by atoms with Gasteiger partial charge in [0.25, 0.3) is 0 Å². The van der Waals surface area contributed by atoms with Gasteiger partial charge in [0.05, 0.1) is 6.61 Å². The van der Waals surface area contributed by atoms with Crippen LogP contribution in [0.25, 0.3) is 0 Å². The first-order chi connectivity index (χ1) is 37.1. The molecule has 0 saturated carbocycles. The van der Waals surface area contributed by atoms with E-state index >= 15 is 0 Å². The number of ether oxygens (including phenoxy) is 16. The molecular weight excluding hydrogens is 1040 g/mol. The van der Waals surface area contributed by atoms with Gasteiger partial charge in [-0.1, -0.05) is 76.2 Å². The second-order valence-electron chi connectivity index (χ2n) is 17.5. The minimum Gasteiger partial charge on any atom is -0.463 e. The van der Waals surface area contributed by atoms with Crippen LogP contribution in [0.5, 0.6) is 0 Å². The molecule has 3 rings (SSSR count). The summed E-state index contributed by atoms with van der Waals surface area (Å²) in [6.07, 6.45) is -25.8. The Morgan fingerprint density at radius 1 is 0.321 bits per heavy atom. The van der Waals surface area contributed by atoms with Gasteiger partial charge in [-0.25, -0.2) is 0 Å². The Hall–Kier alpha value is -6.03. The van der Waals surface area contributed by atoms with Gasteiger partial charge >= 0.3 is 65.7 Å². The van der Waals surface area contributed by atoms with Gasteiger partial charge in [0.15, 0.2) is 55.1 Å². The third-order valence-corrected chi connectivity index (χ3v) is 11.9. The van der Waals surface area contributed by atoms with Crippen LogP contribution in [-0.4, -0.2) is 178 Å². The molecule has 0 amide bonds. The lowest BCUT2D eigenvalue weighted by Gasteiger charge is -2.48. The molecule has 78 heavy (non-hydrogen) atoms. The largest absolute Gasteiger partial charge is 0.463 e. The maximum Gasteiger partial charge on any atom is 0.306 e. The molecule has 442 valence electrons. The molecule has 2 unspecified atom stereocenters.